The van der Waals surface area contributed by atoms with E-state index in [1.807, 2.05) is 13.0 Å². The number of nitrogens with zero attached hydrogens (tertiary/aromatic N) is 2. The van der Waals surface area contributed by atoms with Gasteiger partial charge in [-0.1, -0.05) is 17.7 Å². The van der Waals surface area contributed by atoms with Gasteiger partial charge in [-0.3, -0.25) is 19.7 Å². The molecule has 1 aliphatic heterocycles. The highest BCUT2D eigenvalue weighted by Crippen LogP contribution is 2.27. The lowest BCUT2D eigenvalue weighted by molar-refractivity contribution is -0.385. The highest BCUT2D eigenvalue weighted by atomic mass is 16.6. The highest BCUT2D eigenvalue weighted by molar-refractivity contribution is 6.14. The Hall–Kier alpha value is -3.35. The summed E-state index contributed by atoms with van der Waals surface area (Å²) < 4.78 is 0. The van der Waals surface area contributed by atoms with E-state index in [4.69, 9.17) is 0 Å². The number of amides is 2. The minimum atomic E-state index is -0.564. The molecule has 1 heterocycles. The molecule has 126 valence electrons. The molecule has 0 radical (unpaired) electrons. The smallest absolute Gasteiger partial charge is 0.278 e. The minimum Gasteiger partial charge on any atom is -0.325 e. The second-order valence-corrected chi connectivity index (χ2v) is 5.86. The first-order valence-electron chi connectivity index (χ1n) is 7.63. The molecule has 0 bridgehead atoms. The number of hydrogen-bond acceptors (Lipinski definition) is 4. The third-order valence-electron chi connectivity index (χ3n) is 4.18. The summed E-state index contributed by atoms with van der Waals surface area (Å²) in [5.74, 6) is -0.813. The quantitative estimate of drug-likeness (QED) is 0.662. The summed E-state index contributed by atoms with van der Waals surface area (Å²) in [7, 11) is 0. The van der Waals surface area contributed by atoms with Gasteiger partial charge < -0.3 is 5.32 Å². The van der Waals surface area contributed by atoms with E-state index in [1.165, 1.54) is 31.2 Å². The Morgan fingerprint density at radius 1 is 1.28 bits per heavy atom. The van der Waals surface area contributed by atoms with Gasteiger partial charge >= 0.3 is 0 Å². The van der Waals surface area contributed by atoms with Gasteiger partial charge in [0.05, 0.1) is 16.2 Å². The number of rotatable bonds is 2. The van der Waals surface area contributed by atoms with Crippen LogP contribution in [-0.2, 0) is 4.79 Å². The summed E-state index contributed by atoms with van der Waals surface area (Å²) in [6.45, 7) is 3.38. The molecule has 2 aliphatic rings. The summed E-state index contributed by atoms with van der Waals surface area (Å²) in [6.07, 6.45) is 6.73. The van der Waals surface area contributed by atoms with Crippen LogP contribution in [0.15, 0.2) is 58.8 Å². The van der Waals surface area contributed by atoms with Gasteiger partial charge in [-0.05, 0) is 32.1 Å². The molecule has 1 aliphatic carbocycles. The fraction of sp³-hybridized carbons (Fsp3) is 0.167. The van der Waals surface area contributed by atoms with Crippen molar-refractivity contribution < 1.29 is 14.5 Å². The maximum atomic E-state index is 12.4. The van der Waals surface area contributed by atoms with E-state index < -0.39 is 10.8 Å². The summed E-state index contributed by atoms with van der Waals surface area (Å²) in [5, 5.41) is 13.7. The van der Waals surface area contributed by atoms with Crippen LogP contribution in [0.5, 0.6) is 0 Å². The zero-order valence-corrected chi connectivity index (χ0v) is 13.6. The van der Waals surface area contributed by atoms with Gasteiger partial charge in [0.2, 0.25) is 5.91 Å². The third kappa shape index (κ3) is 3.16. The largest absolute Gasteiger partial charge is 0.325 e. The number of benzene rings is 1. The molecule has 0 fully saturated rings. The number of carbonyl (C=O) groups excluding carboxylic acids is 2. The van der Waals surface area contributed by atoms with Crippen LogP contribution in [0, 0.1) is 23.0 Å². The Labute approximate surface area is 143 Å². The van der Waals surface area contributed by atoms with Gasteiger partial charge in [-0.15, -0.1) is 0 Å². The van der Waals surface area contributed by atoms with Crippen LogP contribution in [0.2, 0.25) is 0 Å². The van der Waals surface area contributed by atoms with Crippen molar-refractivity contribution in [2.24, 2.45) is 10.9 Å². The number of aliphatic imine (C=N–C) groups is 1. The molecule has 7 heteroatoms. The first-order chi connectivity index (χ1) is 11.9. The van der Waals surface area contributed by atoms with Crippen molar-refractivity contribution in [1.29, 1.82) is 0 Å². The average Bonchev–Trinajstić information content (AvgIpc) is 2.54. The lowest BCUT2D eigenvalue weighted by atomic mass is 9.89. The fourth-order valence-corrected chi connectivity index (χ4v) is 2.88. The molecule has 3 rings (SSSR count). The number of fused-ring (bicyclic) bond motifs is 1. The molecule has 7 nitrogen and oxygen atoms in total. The van der Waals surface area contributed by atoms with Gasteiger partial charge in [-0.25, -0.2) is 4.99 Å². The molecular weight excluding hydrogens is 322 g/mol. The fourth-order valence-electron chi connectivity index (χ4n) is 2.88. The average molecular weight is 337 g/mol. The SMILES string of the molecule is CC1=CC(=O)NC2=CC(=NC(=O)c3cccc([N+](=O)[O-])c3C)C=CC12. The van der Waals surface area contributed by atoms with Crippen LogP contribution in [0.3, 0.4) is 0 Å². The van der Waals surface area contributed by atoms with Crippen LogP contribution >= 0.6 is 0 Å². The lowest BCUT2D eigenvalue weighted by Gasteiger charge is -2.25. The maximum absolute atomic E-state index is 12.4. The lowest BCUT2D eigenvalue weighted by Crippen LogP contribution is -2.32. The normalized spacial score (nSPS) is 20.5. The van der Waals surface area contributed by atoms with Crippen LogP contribution in [0.4, 0.5) is 5.69 Å². The van der Waals surface area contributed by atoms with Gasteiger partial charge in [0.15, 0.2) is 0 Å². The molecule has 0 spiro atoms. The van der Waals surface area contributed by atoms with Crippen molar-refractivity contribution in [3.8, 4) is 0 Å². The number of nitro groups is 1. The number of hydrogen-bond donors (Lipinski definition) is 1. The highest BCUT2D eigenvalue weighted by Gasteiger charge is 2.24. The van der Waals surface area contributed by atoms with E-state index in [1.54, 1.807) is 12.2 Å². The van der Waals surface area contributed by atoms with Crippen molar-refractivity contribution >= 4 is 23.2 Å². The number of carbonyl (C=O) groups is 2. The van der Waals surface area contributed by atoms with Crippen LogP contribution in [0.1, 0.15) is 22.8 Å². The zero-order valence-electron chi connectivity index (χ0n) is 13.6. The van der Waals surface area contributed by atoms with E-state index in [0.29, 0.717) is 11.4 Å². The van der Waals surface area contributed by atoms with Gasteiger partial charge in [0.1, 0.15) is 0 Å². The summed E-state index contributed by atoms with van der Waals surface area (Å²) >= 11 is 0. The number of allylic oxidation sites excluding steroid dienone is 3. The van der Waals surface area contributed by atoms with Crippen LogP contribution in [-0.4, -0.2) is 22.4 Å². The first-order valence-corrected chi connectivity index (χ1v) is 7.63. The monoisotopic (exact) mass is 337 g/mol. The summed E-state index contributed by atoms with van der Waals surface area (Å²) in [4.78, 5) is 38.5. The van der Waals surface area contributed by atoms with Crippen molar-refractivity contribution in [3.05, 3.63) is 75.0 Å². The topological polar surface area (TPSA) is 102 Å². The molecule has 1 atom stereocenters. The van der Waals surface area contributed by atoms with Crippen molar-refractivity contribution in [3.63, 3.8) is 0 Å². The Morgan fingerprint density at radius 2 is 2.04 bits per heavy atom. The third-order valence-corrected chi connectivity index (χ3v) is 4.18. The predicted octanol–water partition coefficient (Wildman–Crippen LogP) is 2.63. The molecule has 25 heavy (non-hydrogen) atoms. The van der Waals surface area contributed by atoms with Gasteiger partial charge in [-0.2, -0.15) is 0 Å². The molecule has 1 unspecified atom stereocenters. The van der Waals surface area contributed by atoms with Crippen LogP contribution in [0.25, 0.3) is 0 Å². The molecule has 0 aromatic heterocycles. The van der Waals surface area contributed by atoms with Crippen molar-refractivity contribution in [2.75, 3.05) is 0 Å². The standard InChI is InChI=1S/C18H15N3O4/c1-10-8-17(22)20-15-9-12(6-7-13(10)15)19-18(23)14-4-3-5-16(11(14)2)21(24)25/h3-9,13H,1-2H3,(H,20,22). The molecule has 1 N–H and O–H groups in total. The molecular formula is C18H15N3O4. The molecule has 0 saturated heterocycles. The maximum Gasteiger partial charge on any atom is 0.278 e. The number of nitrogens with one attached hydrogen (secondary N) is 1. The Kier molecular flexibility index (Phi) is 4.14. The summed E-state index contributed by atoms with van der Waals surface area (Å²) in [5.41, 5.74) is 2.29. The molecule has 0 saturated carbocycles. The summed E-state index contributed by atoms with van der Waals surface area (Å²) in [6, 6.07) is 4.31. The molecule has 1 aromatic rings. The van der Waals surface area contributed by atoms with E-state index in [0.717, 1.165) is 5.57 Å². The van der Waals surface area contributed by atoms with Crippen molar-refractivity contribution in [1.82, 2.24) is 5.32 Å². The molecule has 2 amide bonds. The van der Waals surface area contributed by atoms with E-state index >= 15 is 0 Å². The molecule has 1 aromatic carbocycles. The second kappa shape index (κ2) is 6.27. The van der Waals surface area contributed by atoms with Crippen LogP contribution < -0.4 is 5.32 Å². The second-order valence-electron chi connectivity index (χ2n) is 5.86. The predicted molar refractivity (Wildman–Crippen MR) is 92.2 cm³/mol. The van der Waals surface area contributed by atoms with E-state index in [9.17, 15) is 19.7 Å². The van der Waals surface area contributed by atoms with Gasteiger partial charge in [0.25, 0.3) is 11.6 Å². The number of nitro benzene ring substituents is 1. The Bertz CT molecular complexity index is 922. The van der Waals surface area contributed by atoms with Crippen molar-refractivity contribution in [2.45, 2.75) is 13.8 Å². The Morgan fingerprint density at radius 3 is 2.76 bits per heavy atom. The van der Waals surface area contributed by atoms with E-state index in [-0.39, 0.29) is 28.6 Å². The zero-order chi connectivity index (χ0) is 18.1. The minimum absolute atomic E-state index is 0.0358. The van der Waals surface area contributed by atoms with Gasteiger partial charge in [0, 0.05) is 29.3 Å². The first kappa shape index (κ1) is 16.5. The Balaban J connectivity index is 1.93. The van der Waals surface area contributed by atoms with E-state index in [2.05, 4.69) is 10.3 Å².